The third-order valence-corrected chi connectivity index (χ3v) is 8.79. The zero-order valence-electron chi connectivity index (χ0n) is 25.9. The molecule has 0 aromatic heterocycles. The number of benzene rings is 4. The van der Waals surface area contributed by atoms with Gasteiger partial charge in [-0.3, -0.25) is 4.99 Å². The molecule has 6 bridgehead atoms. The van der Waals surface area contributed by atoms with Crippen molar-refractivity contribution < 1.29 is 33.5 Å². The van der Waals surface area contributed by atoms with Crippen molar-refractivity contribution in [2.45, 2.75) is 31.7 Å². The number of fused-ring (bicyclic) bond motifs is 2. The summed E-state index contributed by atoms with van der Waals surface area (Å²) in [5.74, 6) is 4.16. The van der Waals surface area contributed by atoms with Crippen LogP contribution in [0.25, 0.3) is 0 Å². The smallest absolute Gasteiger partial charge is 0.208 e. The van der Waals surface area contributed by atoms with E-state index in [1.807, 2.05) is 42.5 Å². The van der Waals surface area contributed by atoms with Crippen LogP contribution in [0, 0.1) is 0 Å². The molecule has 0 saturated carbocycles. The van der Waals surface area contributed by atoms with Gasteiger partial charge in [0.05, 0.1) is 28.4 Å². The fraction of sp³-hybridized carbons (Fsp3) is 0.306. The van der Waals surface area contributed by atoms with E-state index in [4.69, 9.17) is 33.4 Å². The first-order valence-corrected chi connectivity index (χ1v) is 15.1. The Morgan fingerprint density at radius 1 is 0.800 bits per heavy atom. The number of phenols is 1. The zero-order valence-corrected chi connectivity index (χ0v) is 25.9. The van der Waals surface area contributed by atoms with Crippen molar-refractivity contribution in [2.75, 3.05) is 41.5 Å². The monoisotopic (exact) mass is 608 g/mol. The molecule has 2 N–H and O–H groups in total. The molecular weight excluding hydrogens is 572 g/mol. The van der Waals surface area contributed by atoms with E-state index in [1.165, 1.54) is 7.11 Å². The topological polar surface area (TPSA) is 100 Å². The largest absolute Gasteiger partial charge is 0.504 e. The van der Waals surface area contributed by atoms with Gasteiger partial charge in [-0.25, -0.2) is 0 Å². The van der Waals surface area contributed by atoms with Crippen molar-refractivity contribution in [3.05, 3.63) is 88.0 Å². The molecule has 4 heterocycles. The quantitative estimate of drug-likeness (QED) is 0.277. The number of nitrogens with zero attached hydrogens (tertiary/aromatic N) is 1. The minimum Gasteiger partial charge on any atom is -0.504 e. The average molecular weight is 609 g/mol. The van der Waals surface area contributed by atoms with Crippen LogP contribution in [-0.2, 0) is 25.7 Å². The fourth-order valence-electron chi connectivity index (χ4n) is 6.61. The molecule has 0 radical (unpaired) electrons. The summed E-state index contributed by atoms with van der Waals surface area (Å²) in [6.07, 6.45) is 2.62. The average Bonchev–Trinajstić information content (AvgIpc) is 3.06. The standard InChI is InChI=1S/C36H36N2O7/c1-40-28-10-7-21-16-27-32-24(12-14-38-27)33(39)35(42-3)36(43-4)34(32)45-31-19-25-22(18-29(31)41-2)11-13-37-26(25)15-20-5-8-23(9-6-20)44-30(28)17-21/h5-10,17-19,27,38-39H,11-16H2,1-4H3/t27-/m0/s1. The second kappa shape index (κ2) is 11.9. The van der Waals surface area contributed by atoms with Gasteiger partial charge in [0.1, 0.15) is 5.75 Å². The molecule has 4 aromatic rings. The minimum absolute atomic E-state index is 0.0546. The van der Waals surface area contributed by atoms with Crippen LogP contribution in [0.5, 0.6) is 51.7 Å². The van der Waals surface area contributed by atoms with Gasteiger partial charge in [0.15, 0.2) is 34.5 Å². The molecule has 4 aliphatic rings. The Kier molecular flexibility index (Phi) is 7.63. The highest BCUT2D eigenvalue weighted by Gasteiger charge is 2.34. The van der Waals surface area contributed by atoms with Crippen LogP contribution in [0.1, 0.15) is 39.4 Å². The zero-order chi connectivity index (χ0) is 31.1. The van der Waals surface area contributed by atoms with Gasteiger partial charge in [-0.1, -0.05) is 18.2 Å². The van der Waals surface area contributed by atoms with Crippen molar-refractivity contribution in [2.24, 2.45) is 4.99 Å². The highest BCUT2D eigenvalue weighted by molar-refractivity contribution is 6.04. The number of aliphatic imine (C=N–C) groups is 1. The number of aromatic hydroxyl groups is 1. The molecule has 0 unspecified atom stereocenters. The predicted octanol–water partition coefficient (Wildman–Crippen LogP) is 6.34. The Morgan fingerprint density at radius 3 is 2.31 bits per heavy atom. The van der Waals surface area contributed by atoms with Gasteiger partial charge < -0.3 is 38.8 Å². The first-order chi connectivity index (χ1) is 22.0. The molecule has 0 amide bonds. The summed E-state index contributed by atoms with van der Waals surface area (Å²) < 4.78 is 36.3. The number of methoxy groups -OCH3 is 4. The van der Waals surface area contributed by atoms with Crippen molar-refractivity contribution in [3.63, 3.8) is 0 Å². The molecule has 232 valence electrons. The maximum atomic E-state index is 11.4. The van der Waals surface area contributed by atoms with Crippen LogP contribution in [0.4, 0.5) is 0 Å². The number of hydrogen-bond acceptors (Lipinski definition) is 9. The van der Waals surface area contributed by atoms with Crippen molar-refractivity contribution >= 4 is 5.71 Å². The van der Waals surface area contributed by atoms with Crippen molar-refractivity contribution in [3.8, 4) is 51.7 Å². The lowest BCUT2D eigenvalue weighted by Gasteiger charge is -2.32. The van der Waals surface area contributed by atoms with Crippen LogP contribution in [-0.4, -0.2) is 52.3 Å². The Hall–Kier alpha value is -4.89. The highest BCUT2D eigenvalue weighted by atomic mass is 16.5. The van der Waals surface area contributed by atoms with E-state index in [0.717, 1.165) is 45.5 Å². The molecule has 45 heavy (non-hydrogen) atoms. The maximum Gasteiger partial charge on any atom is 0.208 e. The number of nitrogens with one attached hydrogen (secondary N) is 1. The molecule has 1 atom stereocenters. The molecule has 0 spiro atoms. The molecule has 8 rings (SSSR count). The Bertz CT molecular complexity index is 1800. The van der Waals surface area contributed by atoms with E-state index < -0.39 is 0 Å². The van der Waals surface area contributed by atoms with Gasteiger partial charge in [0.25, 0.3) is 0 Å². The van der Waals surface area contributed by atoms with Crippen molar-refractivity contribution in [1.82, 2.24) is 5.32 Å². The molecule has 0 saturated heterocycles. The molecule has 0 aliphatic carbocycles. The number of hydrogen-bond donors (Lipinski definition) is 2. The lowest BCUT2D eigenvalue weighted by Crippen LogP contribution is -2.32. The number of phenolic OH excluding ortho intramolecular Hbond substituents is 1. The van der Waals surface area contributed by atoms with Gasteiger partial charge >= 0.3 is 0 Å². The van der Waals surface area contributed by atoms with E-state index in [-0.39, 0.29) is 17.5 Å². The number of ether oxygens (including phenoxy) is 6. The van der Waals surface area contributed by atoms with Crippen LogP contribution in [0.2, 0.25) is 0 Å². The van der Waals surface area contributed by atoms with E-state index in [0.29, 0.717) is 72.6 Å². The summed E-state index contributed by atoms with van der Waals surface area (Å²) in [6, 6.07) is 17.9. The molecule has 4 aliphatic heterocycles. The van der Waals surface area contributed by atoms with Gasteiger partial charge in [-0.05, 0) is 78.9 Å². The lowest BCUT2D eigenvalue weighted by atomic mass is 9.88. The van der Waals surface area contributed by atoms with Crippen LogP contribution >= 0.6 is 0 Å². The second-order valence-electron chi connectivity index (χ2n) is 11.3. The van der Waals surface area contributed by atoms with Crippen molar-refractivity contribution in [1.29, 1.82) is 0 Å². The summed E-state index contributed by atoms with van der Waals surface area (Å²) in [6.45, 7) is 1.36. The third-order valence-electron chi connectivity index (χ3n) is 8.79. The summed E-state index contributed by atoms with van der Waals surface area (Å²) in [4.78, 5) is 4.93. The van der Waals surface area contributed by atoms with Gasteiger partial charge in [0.2, 0.25) is 11.5 Å². The normalized spacial score (nSPS) is 16.6. The minimum atomic E-state index is -0.227. The fourth-order valence-corrected chi connectivity index (χ4v) is 6.61. The predicted molar refractivity (Wildman–Crippen MR) is 171 cm³/mol. The van der Waals surface area contributed by atoms with Crippen LogP contribution in [0.15, 0.2) is 59.6 Å². The second-order valence-corrected chi connectivity index (χ2v) is 11.3. The molecule has 0 fully saturated rings. The lowest BCUT2D eigenvalue weighted by molar-refractivity contribution is 0.306. The van der Waals surface area contributed by atoms with E-state index >= 15 is 0 Å². The summed E-state index contributed by atoms with van der Waals surface area (Å²) in [5.41, 5.74) is 6.84. The molecule has 4 aromatic carbocycles. The summed E-state index contributed by atoms with van der Waals surface area (Å²) >= 11 is 0. The van der Waals surface area contributed by atoms with Crippen LogP contribution < -0.4 is 33.7 Å². The Balaban J connectivity index is 1.47. The van der Waals surface area contributed by atoms with E-state index in [9.17, 15) is 5.11 Å². The Labute approximate surface area is 262 Å². The summed E-state index contributed by atoms with van der Waals surface area (Å²) in [7, 11) is 6.34. The molecule has 9 heteroatoms. The first kappa shape index (κ1) is 28.9. The highest BCUT2D eigenvalue weighted by Crippen LogP contribution is 2.54. The van der Waals surface area contributed by atoms with Gasteiger partial charge in [0, 0.05) is 41.4 Å². The first-order valence-electron chi connectivity index (χ1n) is 15.1. The molecular formula is C36H36N2O7. The van der Waals surface area contributed by atoms with E-state index in [2.05, 4.69) is 17.4 Å². The van der Waals surface area contributed by atoms with Crippen LogP contribution in [0.3, 0.4) is 0 Å². The SMILES string of the molecule is COc1ccc2cc1Oc1ccc(cc1)CC1=NCCc3cc(OC)c(cc31)Oc1c(OC)c(OC)c(O)c3c1[C@H](C2)NCC3. The van der Waals surface area contributed by atoms with Gasteiger partial charge in [-0.15, -0.1) is 0 Å². The molecule has 9 nitrogen and oxygen atoms in total. The summed E-state index contributed by atoms with van der Waals surface area (Å²) in [5, 5.41) is 15.1. The third kappa shape index (κ3) is 5.17. The van der Waals surface area contributed by atoms with E-state index in [1.54, 1.807) is 21.3 Å². The van der Waals surface area contributed by atoms with Gasteiger partial charge in [-0.2, -0.15) is 0 Å². The number of rotatable bonds is 4. The Morgan fingerprint density at radius 2 is 1.56 bits per heavy atom. The maximum absolute atomic E-state index is 11.4.